The van der Waals surface area contributed by atoms with Crippen LogP contribution in [0.1, 0.15) is 10.4 Å². The summed E-state index contributed by atoms with van der Waals surface area (Å²) >= 11 is 3.44. The van der Waals surface area contributed by atoms with Crippen molar-refractivity contribution in [3.63, 3.8) is 0 Å². The molecule has 0 fully saturated rings. The van der Waals surface area contributed by atoms with Crippen LogP contribution in [-0.4, -0.2) is 30.8 Å². The average molecular weight is 482 g/mol. The molecule has 0 radical (unpaired) electrons. The van der Waals surface area contributed by atoms with Crippen molar-refractivity contribution >= 4 is 44.2 Å². The molecule has 0 saturated heterocycles. The molecule has 3 aromatic heterocycles. The second-order valence-corrected chi connectivity index (χ2v) is 6.85. The van der Waals surface area contributed by atoms with E-state index in [-0.39, 0.29) is 17.4 Å². The van der Waals surface area contributed by atoms with Gasteiger partial charge in [0.1, 0.15) is 11.8 Å². The fourth-order valence-corrected chi connectivity index (χ4v) is 3.14. The fraction of sp³-hybridized carbons (Fsp3) is 0. The predicted octanol–water partition coefficient (Wildman–Crippen LogP) is 3.64. The van der Waals surface area contributed by atoms with Gasteiger partial charge in [-0.05, 0) is 30.3 Å². The van der Waals surface area contributed by atoms with Crippen LogP contribution in [0.25, 0.3) is 10.9 Å². The summed E-state index contributed by atoms with van der Waals surface area (Å²) in [4.78, 5) is 39.1. The van der Waals surface area contributed by atoms with Crippen molar-refractivity contribution in [1.29, 1.82) is 0 Å². The number of nitro groups is 1. The Kier molecular flexibility index (Phi) is 5.62. The van der Waals surface area contributed by atoms with E-state index in [4.69, 9.17) is 4.74 Å². The molecular weight excluding hydrogens is 470 g/mol. The molecule has 0 bridgehead atoms. The van der Waals surface area contributed by atoms with Gasteiger partial charge < -0.3 is 4.74 Å². The second kappa shape index (κ2) is 8.67. The lowest BCUT2D eigenvalue weighted by atomic mass is 10.2. The first-order chi connectivity index (χ1) is 15.0. The van der Waals surface area contributed by atoms with Gasteiger partial charge in [-0.1, -0.05) is 22.0 Å². The van der Waals surface area contributed by atoms with E-state index in [1.807, 2.05) is 6.07 Å². The Morgan fingerprint density at radius 1 is 1.06 bits per heavy atom. The zero-order chi connectivity index (χ0) is 21.8. The minimum atomic E-state index is -0.704. The lowest BCUT2D eigenvalue weighted by Gasteiger charge is -2.11. The third-order valence-electron chi connectivity index (χ3n) is 4.09. The van der Waals surface area contributed by atoms with E-state index in [2.05, 4.69) is 46.7 Å². The van der Waals surface area contributed by atoms with Crippen molar-refractivity contribution in [3.8, 4) is 11.6 Å². The van der Waals surface area contributed by atoms with Gasteiger partial charge in [0.15, 0.2) is 5.75 Å². The van der Waals surface area contributed by atoms with Crippen LogP contribution in [0.15, 0.2) is 65.8 Å². The molecule has 1 aromatic carbocycles. The molecule has 0 unspecified atom stereocenters. The van der Waals surface area contributed by atoms with Crippen LogP contribution in [0.2, 0.25) is 0 Å². The van der Waals surface area contributed by atoms with Gasteiger partial charge in [0, 0.05) is 34.0 Å². The summed E-state index contributed by atoms with van der Waals surface area (Å²) in [6.45, 7) is 0. The molecule has 2 N–H and O–H groups in total. The lowest BCUT2D eigenvalue weighted by Crippen LogP contribution is -2.30. The highest BCUT2D eigenvalue weighted by molar-refractivity contribution is 9.10. The smallest absolute Gasteiger partial charge is 0.374 e. The van der Waals surface area contributed by atoms with Crippen molar-refractivity contribution < 1.29 is 14.5 Å². The van der Waals surface area contributed by atoms with E-state index >= 15 is 0 Å². The van der Waals surface area contributed by atoms with Gasteiger partial charge in [0.05, 0.1) is 4.92 Å². The molecule has 11 nitrogen and oxygen atoms in total. The van der Waals surface area contributed by atoms with Gasteiger partial charge >= 0.3 is 11.6 Å². The normalized spacial score (nSPS) is 10.5. The number of hydrogen-bond acceptors (Lipinski definition) is 9. The number of pyridine rings is 2. The number of hydrazine groups is 1. The maximum absolute atomic E-state index is 12.2. The Labute approximate surface area is 182 Å². The van der Waals surface area contributed by atoms with E-state index < -0.39 is 16.5 Å². The summed E-state index contributed by atoms with van der Waals surface area (Å²) in [5.41, 5.74) is 5.05. The lowest BCUT2D eigenvalue weighted by molar-refractivity contribution is -0.385. The van der Waals surface area contributed by atoms with E-state index in [1.165, 1.54) is 24.5 Å². The summed E-state index contributed by atoms with van der Waals surface area (Å²) in [6, 6.07) is 9.92. The average Bonchev–Trinajstić information content (AvgIpc) is 2.80. The first-order valence-corrected chi connectivity index (χ1v) is 9.50. The van der Waals surface area contributed by atoms with Gasteiger partial charge in [-0.3, -0.25) is 35.7 Å². The van der Waals surface area contributed by atoms with Crippen LogP contribution in [-0.2, 0) is 0 Å². The SMILES string of the molecule is O=C(NNc1ncnc(Oc2ccc(Br)c3cccnc23)c1[N+](=O)[O-])c1ccncc1. The highest BCUT2D eigenvalue weighted by atomic mass is 79.9. The van der Waals surface area contributed by atoms with Crippen molar-refractivity contribution in [2.24, 2.45) is 0 Å². The van der Waals surface area contributed by atoms with E-state index in [0.717, 1.165) is 16.2 Å². The minimum absolute atomic E-state index is 0.244. The summed E-state index contributed by atoms with van der Waals surface area (Å²) in [7, 11) is 0. The van der Waals surface area contributed by atoms with Gasteiger partial charge in [-0.15, -0.1) is 0 Å². The van der Waals surface area contributed by atoms with E-state index in [9.17, 15) is 14.9 Å². The Morgan fingerprint density at radius 3 is 2.65 bits per heavy atom. The number of nitrogens with zero attached hydrogens (tertiary/aromatic N) is 5. The minimum Gasteiger partial charge on any atom is -0.431 e. The molecule has 0 aliphatic rings. The standard InChI is InChI=1S/C19H12BrN7O4/c20-13-3-4-14(15-12(13)2-1-7-22-15)31-19-16(27(29)30)17(23-10-24-19)25-26-18(28)11-5-8-21-9-6-11/h1-10H,(H,26,28)(H,23,24,25). The monoisotopic (exact) mass is 481 g/mol. The molecule has 0 spiro atoms. The number of nitrogens with one attached hydrogen (secondary N) is 2. The van der Waals surface area contributed by atoms with Crippen LogP contribution in [0, 0.1) is 10.1 Å². The van der Waals surface area contributed by atoms with Gasteiger partial charge in [-0.25, -0.2) is 4.98 Å². The number of anilines is 1. The third kappa shape index (κ3) is 4.23. The third-order valence-corrected chi connectivity index (χ3v) is 4.79. The second-order valence-electron chi connectivity index (χ2n) is 6.00. The van der Waals surface area contributed by atoms with Crippen molar-refractivity contribution in [2.75, 3.05) is 5.43 Å². The van der Waals surface area contributed by atoms with Crippen LogP contribution < -0.4 is 15.6 Å². The van der Waals surface area contributed by atoms with Gasteiger partial charge in [0.2, 0.25) is 5.82 Å². The number of ether oxygens (including phenoxy) is 1. The Balaban J connectivity index is 1.65. The van der Waals surface area contributed by atoms with Crippen LogP contribution in [0.3, 0.4) is 0 Å². The van der Waals surface area contributed by atoms with E-state index in [1.54, 1.807) is 24.4 Å². The summed E-state index contributed by atoms with van der Waals surface area (Å²) in [5.74, 6) is -0.810. The fourth-order valence-electron chi connectivity index (χ4n) is 2.68. The Hall–Kier alpha value is -4.19. The zero-order valence-corrected chi connectivity index (χ0v) is 17.1. The molecule has 0 aliphatic carbocycles. The number of amides is 1. The summed E-state index contributed by atoms with van der Waals surface area (Å²) in [6.07, 6.45) is 5.56. The van der Waals surface area contributed by atoms with Crippen LogP contribution in [0.4, 0.5) is 11.5 Å². The molecule has 154 valence electrons. The topological polar surface area (TPSA) is 145 Å². The highest BCUT2D eigenvalue weighted by Crippen LogP contribution is 2.37. The number of halogens is 1. The molecule has 3 heterocycles. The molecule has 0 aliphatic heterocycles. The van der Waals surface area contributed by atoms with Crippen LogP contribution >= 0.6 is 15.9 Å². The number of aromatic nitrogens is 4. The molecule has 4 rings (SSSR count). The number of carbonyl (C=O) groups is 1. The number of hydrogen-bond donors (Lipinski definition) is 2. The number of benzene rings is 1. The largest absolute Gasteiger partial charge is 0.431 e. The maximum atomic E-state index is 12.2. The van der Waals surface area contributed by atoms with Crippen molar-refractivity contribution in [1.82, 2.24) is 25.4 Å². The zero-order valence-electron chi connectivity index (χ0n) is 15.5. The number of rotatable bonds is 6. The first-order valence-electron chi connectivity index (χ1n) is 8.71. The summed E-state index contributed by atoms with van der Waals surface area (Å²) in [5, 5.41) is 12.5. The molecule has 1 amide bonds. The Bertz CT molecular complexity index is 1290. The molecule has 0 atom stereocenters. The highest BCUT2D eigenvalue weighted by Gasteiger charge is 2.26. The quantitative estimate of drug-likeness (QED) is 0.311. The number of fused-ring (bicyclic) bond motifs is 1. The van der Waals surface area contributed by atoms with E-state index in [0.29, 0.717) is 11.1 Å². The maximum Gasteiger partial charge on any atom is 0.374 e. The molecule has 4 aromatic rings. The van der Waals surface area contributed by atoms with Crippen molar-refractivity contribution in [3.05, 3.63) is 81.5 Å². The number of carbonyl (C=O) groups excluding carboxylic acids is 1. The van der Waals surface area contributed by atoms with Crippen molar-refractivity contribution in [2.45, 2.75) is 0 Å². The van der Waals surface area contributed by atoms with Gasteiger partial charge in [0.25, 0.3) is 5.91 Å². The molecule has 12 heteroatoms. The predicted molar refractivity (Wildman–Crippen MR) is 114 cm³/mol. The van der Waals surface area contributed by atoms with Crippen LogP contribution in [0.5, 0.6) is 11.6 Å². The molecule has 31 heavy (non-hydrogen) atoms. The Morgan fingerprint density at radius 2 is 1.87 bits per heavy atom. The summed E-state index contributed by atoms with van der Waals surface area (Å²) < 4.78 is 6.53. The molecular formula is C19H12BrN7O4. The molecule has 0 saturated carbocycles. The van der Waals surface area contributed by atoms with Gasteiger partial charge in [-0.2, -0.15) is 4.98 Å². The first kappa shape index (κ1) is 20.1.